The van der Waals surface area contributed by atoms with Crippen LogP contribution in [0.2, 0.25) is 5.02 Å². The van der Waals surface area contributed by atoms with Crippen molar-refractivity contribution in [1.82, 2.24) is 25.6 Å². The van der Waals surface area contributed by atoms with E-state index in [1.54, 1.807) is 0 Å². The highest BCUT2D eigenvalue weighted by Gasteiger charge is 2.22. The Bertz CT molecular complexity index is 709. The average molecular weight is 348 g/mol. The number of hydrogen-bond donors (Lipinski definition) is 2. The first-order chi connectivity index (χ1) is 11.7. The molecule has 0 saturated carbocycles. The van der Waals surface area contributed by atoms with Gasteiger partial charge in [0.25, 0.3) is 5.91 Å². The largest absolute Gasteiger partial charge is 0.350 e. The van der Waals surface area contributed by atoms with Crippen LogP contribution in [-0.4, -0.2) is 40.5 Å². The zero-order chi connectivity index (χ0) is 16.9. The molecule has 1 aliphatic heterocycles. The van der Waals surface area contributed by atoms with E-state index in [1.807, 2.05) is 35.9 Å². The average Bonchev–Trinajstić information content (AvgIpc) is 2.99. The second-order valence-corrected chi connectivity index (χ2v) is 6.45. The van der Waals surface area contributed by atoms with E-state index < -0.39 is 0 Å². The molecule has 0 bridgehead atoms. The maximum Gasteiger partial charge on any atom is 0.273 e. The molecule has 2 aromatic rings. The molecule has 1 saturated heterocycles. The van der Waals surface area contributed by atoms with Crippen LogP contribution in [0.25, 0.3) is 0 Å². The van der Waals surface area contributed by atoms with Crippen LogP contribution in [0.4, 0.5) is 0 Å². The van der Waals surface area contributed by atoms with Crippen LogP contribution in [0.15, 0.2) is 24.3 Å². The van der Waals surface area contributed by atoms with Gasteiger partial charge >= 0.3 is 0 Å². The van der Waals surface area contributed by atoms with Gasteiger partial charge < -0.3 is 10.6 Å². The molecule has 0 unspecified atom stereocenters. The molecule has 2 heterocycles. The third-order valence-electron chi connectivity index (χ3n) is 4.43. The fraction of sp³-hybridized carbons (Fsp3) is 0.471. The monoisotopic (exact) mass is 347 g/mol. The van der Waals surface area contributed by atoms with Crippen molar-refractivity contribution < 1.29 is 4.79 Å². The van der Waals surface area contributed by atoms with E-state index >= 15 is 0 Å². The van der Waals surface area contributed by atoms with E-state index in [0.717, 1.165) is 42.2 Å². The molecule has 6 nitrogen and oxygen atoms in total. The van der Waals surface area contributed by atoms with E-state index in [0.29, 0.717) is 24.7 Å². The number of hydrogen-bond acceptors (Lipinski definition) is 4. The molecule has 2 N–H and O–H groups in total. The lowest BCUT2D eigenvalue weighted by Gasteiger charge is -2.23. The first kappa shape index (κ1) is 16.9. The summed E-state index contributed by atoms with van der Waals surface area (Å²) >= 11 is 6.13. The minimum absolute atomic E-state index is 0.181. The molecule has 1 aliphatic rings. The number of aromatic nitrogens is 3. The first-order valence-electron chi connectivity index (χ1n) is 8.31. The summed E-state index contributed by atoms with van der Waals surface area (Å²) in [4.78, 5) is 12.4. The summed E-state index contributed by atoms with van der Waals surface area (Å²) in [5, 5.41) is 15.2. The zero-order valence-corrected chi connectivity index (χ0v) is 14.5. The van der Waals surface area contributed by atoms with Crippen LogP contribution in [0.5, 0.6) is 0 Å². The van der Waals surface area contributed by atoms with Crippen molar-refractivity contribution in [3.63, 3.8) is 0 Å². The molecule has 0 atom stereocenters. The molecule has 0 radical (unpaired) electrons. The van der Waals surface area contributed by atoms with Crippen molar-refractivity contribution in [3.05, 3.63) is 46.2 Å². The number of carbonyl (C=O) groups excluding carboxylic acids is 1. The summed E-state index contributed by atoms with van der Waals surface area (Å²) in [5.74, 6) is -0.181. The van der Waals surface area contributed by atoms with Gasteiger partial charge in [0.15, 0.2) is 5.69 Å². The number of benzene rings is 1. The number of rotatable bonds is 5. The molecule has 1 aromatic heterocycles. The summed E-state index contributed by atoms with van der Waals surface area (Å²) in [6.45, 7) is 4.37. The summed E-state index contributed by atoms with van der Waals surface area (Å²) in [5.41, 5.74) is 2.26. The topological polar surface area (TPSA) is 71.8 Å². The normalized spacial score (nSPS) is 15.4. The van der Waals surface area contributed by atoms with Crippen molar-refractivity contribution in [3.8, 4) is 0 Å². The van der Waals surface area contributed by atoms with Gasteiger partial charge in [0, 0.05) is 11.6 Å². The fourth-order valence-corrected chi connectivity index (χ4v) is 3.27. The molecule has 24 heavy (non-hydrogen) atoms. The predicted molar refractivity (Wildman–Crippen MR) is 93.4 cm³/mol. The standard InChI is InChI=1S/C17H22ClN5O/c1-12-16(21-22-23(12)14-7-9-19-10-8-14)17(24)20-11-6-13-4-2-3-5-15(13)18/h2-5,14,19H,6-11H2,1H3,(H,20,24). The van der Waals surface area contributed by atoms with Crippen molar-refractivity contribution in [2.24, 2.45) is 0 Å². The Morgan fingerprint density at radius 2 is 2.12 bits per heavy atom. The molecule has 128 valence electrons. The SMILES string of the molecule is Cc1c(C(=O)NCCc2ccccc2Cl)nnn1C1CCNCC1. The van der Waals surface area contributed by atoms with E-state index in [9.17, 15) is 4.79 Å². The minimum atomic E-state index is -0.181. The maximum atomic E-state index is 12.4. The van der Waals surface area contributed by atoms with Crippen LogP contribution in [-0.2, 0) is 6.42 Å². The predicted octanol–water partition coefficient (Wildman–Crippen LogP) is 2.14. The van der Waals surface area contributed by atoms with Crippen molar-refractivity contribution in [1.29, 1.82) is 0 Å². The number of amides is 1. The third kappa shape index (κ3) is 3.76. The van der Waals surface area contributed by atoms with Crippen molar-refractivity contribution >= 4 is 17.5 Å². The van der Waals surface area contributed by atoms with Crippen molar-refractivity contribution in [2.75, 3.05) is 19.6 Å². The molecular formula is C17H22ClN5O. The Hall–Kier alpha value is -1.92. The maximum absolute atomic E-state index is 12.4. The summed E-state index contributed by atoms with van der Waals surface area (Å²) < 4.78 is 1.89. The highest BCUT2D eigenvalue weighted by molar-refractivity contribution is 6.31. The fourth-order valence-electron chi connectivity index (χ4n) is 3.04. The minimum Gasteiger partial charge on any atom is -0.350 e. The Morgan fingerprint density at radius 3 is 2.88 bits per heavy atom. The van der Waals surface area contributed by atoms with Gasteiger partial charge in [-0.15, -0.1) is 5.10 Å². The van der Waals surface area contributed by atoms with Crippen molar-refractivity contribution in [2.45, 2.75) is 32.2 Å². The Kier molecular flexibility index (Phi) is 5.48. The second kappa shape index (κ2) is 7.77. The Labute approximate surface area is 146 Å². The molecule has 0 aliphatic carbocycles. The quantitative estimate of drug-likeness (QED) is 0.869. The molecule has 1 amide bonds. The lowest BCUT2D eigenvalue weighted by atomic mass is 10.1. The smallest absolute Gasteiger partial charge is 0.273 e. The highest BCUT2D eigenvalue weighted by Crippen LogP contribution is 2.20. The number of nitrogens with one attached hydrogen (secondary N) is 2. The molecule has 3 rings (SSSR count). The summed E-state index contributed by atoms with van der Waals surface area (Å²) in [6.07, 6.45) is 2.71. The molecule has 1 fully saturated rings. The van der Waals surface area contributed by atoms with Gasteiger partial charge in [0.05, 0.1) is 11.7 Å². The highest BCUT2D eigenvalue weighted by atomic mass is 35.5. The number of carbonyl (C=O) groups is 1. The van der Waals surface area contributed by atoms with Gasteiger partial charge in [0.1, 0.15) is 0 Å². The van der Waals surface area contributed by atoms with Crippen LogP contribution in [0.3, 0.4) is 0 Å². The van der Waals surface area contributed by atoms with Crippen LogP contribution >= 0.6 is 11.6 Å². The van der Waals surface area contributed by atoms with Gasteiger partial charge in [-0.3, -0.25) is 4.79 Å². The molecule has 7 heteroatoms. The second-order valence-electron chi connectivity index (χ2n) is 6.05. The molecule has 1 aromatic carbocycles. The van der Waals surface area contributed by atoms with E-state index in [-0.39, 0.29) is 5.91 Å². The lowest BCUT2D eigenvalue weighted by Crippen LogP contribution is -2.30. The summed E-state index contributed by atoms with van der Waals surface area (Å²) in [6, 6.07) is 7.98. The molecule has 0 spiro atoms. The van der Waals surface area contributed by atoms with Crippen LogP contribution in [0.1, 0.15) is 40.6 Å². The van der Waals surface area contributed by atoms with Crippen LogP contribution < -0.4 is 10.6 Å². The number of halogens is 1. The van der Waals surface area contributed by atoms with Gasteiger partial charge in [0.2, 0.25) is 0 Å². The van der Waals surface area contributed by atoms with Gasteiger partial charge in [-0.05, 0) is 50.9 Å². The Balaban J connectivity index is 1.59. The van der Waals surface area contributed by atoms with E-state index in [1.165, 1.54) is 0 Å². The number of piperidine rings is 1. The van der Waals surface area contributed by atoms with E-state index in [4.69, 9.17) is 11.6 Å². The summed E-state index contributed by atoms with van der Waals surface area (Å²) in [7, 11) is 0. The molecular weight excluding hydrogens is 326 g/mol. The van der Waals surface area contributed by atoms with E-state index in [2.05, 4.69) is 20.9 Å². The first-order valence-corrected chi connectivity index (χ1v) is 8.68. The van der Waals surface area contributed by atoms with Gasteiger partial charge in [-0.1, -0.05) is 35.0 Å². The van der Waals surface area contributed by atoms with Gasteiger partial charge in [-0.25, -0.2) is 4.68 Å². The third-order valence-corrected chi connectivity index (χ3v) is 4.80. The number of nitrogens with zero attached hydrogens (tertiary/aromatic N) is 3. The Morgan fingerprint density at radius 1 is 1.38 bits per heavy atom. The zero-order valence-electron chi connectivity index (χ0n) is 13.8. The van der Waals surface area contributed by atoms with Gasteiger partial charge in [-0.2, -0.15) is 0 Å². The van der Waals surface area contributed by atoms with Crippen LogP contribution in [0, 0.1) is 6.92 Å². The lowest BCUT2D eigenvalue weighted by molar-refractivity contribution is 0.0948.